The van der Waals surface area contributed by atoms with E-state index in [0.717, 1.165) is 0 Å². The zero-order chi connectivity index (χ0) is 11.1. The monoisotopic (exact) mass is 184 g/mol. The molecule has 5 heteroatoms. The maximum Gasteiger partial charge on any atom is 0.433 e. The number of rotatable bonds is 0. The van der Waals surface area contributed by atoms with Gasteiger partial charge >= 0.3 is 6.18 Å². The van der Waals surface area contributed by atoms with E-state index in [9.17, 15) is 13.2 Å². The van der Waals surface area contributed by atoms with Gasteiger partial charge in [0, 0.05) is 6.17 Å². The van der Waals surface area contributed by atoms with E-state index in [1.165, 1.54) is 0 Å². The third-order valence-corrected chi connectivity index (χ3v) is 1.00. The molecule has 0 saturated heterocycles. The van der Waals surface area contributed by atoms with Crippen LogP contribution in [0.5, 0.6) is 0 Å². The minimum atomic E-state index is -4.84. The van der Waals surface area contributed by atoms with Crippen LogP contribution in [-0.2, 0) is 6.18 Å². The van der Waals surface area contributed by atoms with Crippen LogP contribution in [0.4, 0.5) is 13.2 Å². The summed E-state index contributed by atoms with van der Waals surface area (Å²) in [6, 6.07) is -1.95. The van der Waals surface area contributed by atoms with E-state index in [1.807, 2.05) is 0 Å². The third-order valence-electron chi connectivity index (χ3n) is 0.825. The predicted molar refractivity (Wildman–Crippen MR) is 34.2 cm³/mol. The normalized spacial score (nSPS) is 15.5. The van der Waals surface area contributed by atoms with Gasteiger partial charge in [-0.3, -0.25) is 4.98 Å². The molecule has 0 aliphatic carbocycles. The first-order valence-corrected chi connectivity index (χ1v) is 2.83. The molecule has 0 fully saturated rings. The molecule has 0 radical (unpaired) electrons. The number of halogens is 4. The molecule has 1 aromatic heterocycles. The fourth-order valence-electron chi connectivity index (χ4n) is 0.409. The summed E-state index contributed by atoms with van der Waals surface area (Å²) in [7, 11) is 0. The van der Waals surface area contributed by atoms with E-state index in [2.05, 4.69) is 4.98 Å². The standard InChI is InChI=1S/C6H3ClF3N/c7-4-1-2-5(11-3-4)6(8,9)10/h1-3H/i1D,2D,3D. The summed E-state index contributed by atoms with van der Waals surface area (Å²) < 4.78 is 57.4. The summed E-state index contributed by atoms with van der Waals surface area (Å²) in [6.45, 7) is 0. The van der Waals surface area contributed by atoms with Crippen LogP contribution in [0.15, 0.2) is 18.3 Å². The fourth-order valence-corrected chi connectivity index (χ4v) is 0.499. The minimum Gasteiger partial charge on any atom is -0.250 e. The van der Waals surface area contributed by atoms with Crippen molar-refractivity contribution in [3.63, 3.8) is 0 Å². The van der Waals surface area contributed by atoms with Gasteiger partial charge in [0.2, 0.25) is 0 Å². The lowest BCUT2D eigenvalue weighted by atomic mass is 10.3. The maximum absolute atomic E-state index is 12.1. The summed E-state index contributed by atoms with van der Waals surface area (Å²) in [5.74, 6) is 0. The highest BCUT2D eigenvalue weighted by Crippen LogP contribution is 2.27. The van der Waals surface area contributed by atoms with Gasteiger partial charge < -0.3 is 0 Å². The number of alkyl halides is 3. The van der Waals surface area contributed by atoms with E-state index in [0.29, 0.717) is 0 Å². The molecule has 1 aromatic rings. The van der Waals surface area contributed by atoms with Gasteiger partial charge in [0.25, 0.3) is 0 Å². The maximum atomic E-state index is 12.1. The molecule has 0 bridgehead atoms. The van der Waals surface area contributed by atoms with Crippen LogP contribution in [0.25, 0.3) is 0 Å². The molecule has 0 unspecified atom stereocenters. The van der Waals surface area contributed by atoms with Gasteiger partial charge in [-0.25, -0.2) is 0 Å². The van der Waals surface area contributed by atoms with Crippen LogP contribution in [0, 0.1) is 0 Å². The molecule has 60 valence electrons. The lowest BCUT2D eigenvalue weighted by Crippen LogP contribution is -2.06. The largest absolute Gasteiger partial charge is 0.433 e. The van der Waals surface area contributed by atoms with E-state index >= 15 is 0 Å². The molecular weight excluding hydrogens is 179 g/mol. The number of hydrogen-bond acceptors (Lipinski definition) is 1. The highest BCUT2D eigenvalue weighted by atomic mass is 35.5. The van der Waals surface area contributed by atoms with Gasteiger partial charge in [-0.15, -0.1) is 0 Å². The van der Waals surface area contributed by atoms with Crippen molar-refractivity contribution in [2.75, 3.05) is 0 Å². The first-order valence-electron chi connectivity index (χ1n) is 3.95. The molecule has 1 heterocycles. The Hall–Kier alpha value is -0.770. The van der Waals surface area contributed by atoms with Crippen molar-refractivity contribution in [3.8, 4) is 0 Å². The number of aromatic nitrogens is 1. The Morgan fingerprint density at radius 1 is 1.45 bits per heavy atom. The van der Waals surface area contributed by atoms with Crippen molar-refractivity contribution in [2.45, 2.75) is 6.18 Å². The molecule has 0 aliphatic heterocycles. The molecule has 0 spiro atoms. The topological polar surface area (TPSA) is 12.9 Å². The Morgan fingerprint density at radius 3 is 2.64 bits per heavy atom. The Kier molecular flexibility index (Phi) is 1.22. The van der Waals surface area contributed by atoms with Gasteiger partial charge in [-0.2, -0.15) is 13.2 Å². The van der Waals surface area contributed by atoms with Crippen molar-refractivity contribution in [2.24, 2.45) is 0 Å². The molecule has 1 nitrogen and oxygen atoms in total. The first kappa shape index (κ1) is 4.98. The third kappa shape index (κ3) is 2.08. The van der Waals surface area contributed by atoms with E-state index in [-0.39, 0.29) is 0 Å². The average Bonchev–Trinajstić information content (AvgIpc) is 2.06. The quantitative estimate of drug-likeness (QED) is 0.604. The Bertz CT molecular complexity index is 380. The van der Waals surface area contributed by atoms with E-state index in [1.54, 1.807) is 0 Å². The van der Waals surface area contributed by atoms with Crippen molar-refractivity contribution >= 4 is 11.6 Å². The minimum absolute atomic E-state index is 0.553. The van der Waals surface area contributed by atoms with Gasteiger partial charge in [-0.05, 0) is 12.1 Å². The van der Waals surface area contributed by atoms with Crippen LogP contribution in [0.2, 0.25) is 5.02 Å². The first-order chi connectivity index (χ1) is 6.25. The van der Waals surface area contributed by atoms with Crippen LogP contribution in [0.3, 0.4) is 0 Å². The zero-order valence-corrected chi connectivity index (χ0v) is 5.72. The highest BCUT2D eigenvalue weighted by Gasteiger charge is 2.31. The lowest BCUT2D eigenvalue weighted by Gasteiger charge is -2.03. The number of nitrogens with zero attached hydrogens (tertiary/aromatic N) is 1. The molecule has 0 aliphatic rings. The Labute approximate surface area is 70.0 Å². The summed E-state index contributed by atoms with van der Waals surface area (Å²) in [5.41, 5.74) is -1.56. The Morgan fingerprint density at radius 2 is 2.09 bits per heavy atom. The molecule has 0 N–H and O–H groups in total. The predicted octanol–water partition coefficient (Wildman–Crippen LogP) is 2.75. The van der Waals surface area contributed by atoms with E-state index < -0.39 is 35.2 Å². The van der Waals surface area contributed by atoms with E-state index in [4.69, 9.17) is 15.7 Å². The number of hydrogen-bond donors (Lipinski definition) is 0. The van der Waals surface area contributed by atoms with Gasteiger partial charge in [0.05, 0.1) is 9.13 Å². The van der Waals surface area contributed by atoms with Crippen LogP contribution >= 0.6 is 11.6 Å². The molecule has 11 heavy (non-hydrogen) atoms. The molecule has 0 atom stereocenters. The second kappa shape index (κ2) is 2.70. The van der Waals surface area contributed by atoms with Gasteiger partial charge in [0.15, 0.2) is 0 Å². The molecule has 0 saturated carbocycles. The summed E-state index contributed by atoms with van der Waals surface area (Å²) in [6.07, 6.45) is -5.69. The zero-order valence-electron chi connectivity index (χ0n) is 7.96. The van der Waals surface area contributed by atoms with Gasteiger partial charge in [-0.1, -0.05) is 11.6 Å². The second-order valence-corrected chi connectivity index (χ2v) is 2.01. The van der Waals surface area contributed by atoms with Crippen LogP contribution in [-0.4, -0.2) is 4.98 Å². The van der Waals surface area contributed by atoms with Gasteiger partial charge in [0.1, 0.15) is 5.69 Å². The molecule has 0 amide bonds. The van der Waals surface area contributed by atoms with Crippen molar-refractivity contribution in [1.29, 1.82) is 0 Å². The Balaban J connectivity index is 3.49. The number of pyridine rings is 1. The fraction of sp³-hybridized carbons (Fsp3) is 0.167. The molecule has 1 rings (SSSR count). The van der Waals surface area contributed by atoms with Crippen molar-refractivity contribution in [1.82, 2.24) is 4.98 Å². The second-order valence-electron chi connectivity index (χ2n) is 1.63. The van der Waals surface area contributed by atoms with Crippen LogP contribution in [0.1, 0.15) is 9.81 Å². The smallest absolute Gasteiger partial charge is 0.250 e. The highest BCUT2D eigenvalue weighted by molar-refractivity contribution is 6.30. The SMILES string of the molecule is [2H]c1nc(C(F)(F)F)c([2H])c([2H])c1Cl. The molecular formula is C6H3ClF3N. The van der Waals surface area contributed by atoms with Crippen molar-refractivity contribution < 1.29 is 17.3 Å². The summed E-state index contributed by atoms with van der Waals surface area (Å²) >= 11 is 5.28. The summed E-state index contributed by atoms with van der Waals surface area (Å²) in [5, 5.41) is -0.553. The lowest BCUT2D eigenvalue weighted by molar-refractivity contribution is -0.141. The molecule has 0 aromatic carbocycles. The average molecular weight is 185 g/mol. The van der Waals surface area contributed by atoms with Crippen LogP contribution < -0.4 is 0 Å². The summed E-state index contributed by atoms with van der Waals surface area (Å²) in [4.78, 5) is 2.81. The van der Waals surface area contributed by atoms with Crippen molar-refractivity contribution in [3.05, 3.63) is 29.0 Å².